The summed E-state index contributed by atoms with van der Waals surface area (Å²) >= 11 is 0. The molecule has 0 radical (unpaired) electrons. The fourth-order valence-corrected chi connectivity index (χ4v) is 2.33. The first-order chi connectivity index (χ1) is 11.6. The van der Waals surface area contributed by atoms with Crippen LogP contribution in [0, 0.1) is 0 Å². The van der Waals surface area contributed by atoms with Gasteiger partial charge in [0.05, 0.1) is 7.11 Å². The van der Waals surface area contributed by atoms with Crippen molar-refractivity contribution < 1.29 is 24.7 Å². The SMILES string of the molecule is COc1cc(C[NH2+]C[C@@H](O)c2ccccc2)ccc1OCC(N)=O. The summed E-state index contributed by atoms with van der Waals surface area (Å²) in [4.78, 5) is 10.8. The third-order valence-corrected chi connectivity index (χ3v) is 3.55. The highest BCUT2D eigenvalue weighted by atomic mass is 16.5. The van der Waals surface area contributed by atoms with E-state index in [0.29, 0.717) is 24.6 Å². The van der Waals surface area contributed by atoms with Crippen molar-refractivity contribution in [1.82, 2.24) is 0 Å². The molecule has 0 aromatic heterocycles. The van der Waals surface area contributed by atoms with Crippen molar-refractivity contribution in [1.29, 1.82) is 0 Å². The van der Waals surface area contributed by atoms with E-state index in [1.54, 1.807) is 13.2 Å². The second-order valence-corrected chi connectivity index (χ2v) is 5.40. The van der Waals surface area contributed by atoms with Crippen molar-refractivity contribution in [3.05, 3.63) is 59.7 Å². The van der Waals surface area contributed by atoms with Gasteiger partial charge in [0.1, 0.15) is 19.2 Å². The molecule has 0 saturated heterocycles. The van der Waals surface area contributed by atoms with Crippen LogP contribution in [0.3, 0.4) is 0 Å². The van der Waals surface area contributed by atoms with Crippen LogP contribution in [-0.4, -0.2) is 31.3 Å². The lowest BCUT2D eigenvalue weighted by Gasteiger charge is -2.12. The summed E-state index contributed by atoms with van der Waals surface area (Å²) in [5, 5.41) is 12.2. The Kier molecular flexibility index (Phi) is 6.60. The van der Waals surface area contributed by atoms with Crippen LogP contribution in [0.1, 0.15) is 17.2 Å². The lowest BCUT2D eigenvalue weighted by atomic mass is 10.1. The van der Waals surface area contributed by atoms with E-state index in [1.807, 2.05) is 47.8 Å². The van der Waals surface area contributed by atoms with Crippen LogP contribution in [0.5, 0.6) is 11.5 Å². The summed E-state index contributed by atoms with van der Waals surface area (Å²) in [6.07, 6.45) is -0.508. The zero-order chi connectivity index (χ0) is 17.4. The Morgan fingerprint density at radius 3 is 2.62 bits per heavy atom. The fourth-order valence-electron chi connectivity index (χ4n) is 2.33. The molecule has 128 valence electrons. The number of amides is 1. The number of quaternary nitrogens is 1. The highest BCUT2D eigenvalue weighted by Gasteiger charge is 2.11. The first kappa shape index (κ1) is 17.8. The Balaban J connectivity index is 1.89. The standard InChI is InChI=1S/C18H22N2O4/c1-23-17-9-13(7-8-16(17)24-12-18(19)22)10-20-11-15(21)14-5-3-2-4-6-14/h2-9,15,20-21H,10-12H2,1H3,(H2,19,22)/p+1/t15-/m1/s1. The molecule has 6 nitrogen and oxygen atoms in total. The monoisotopic (exact) mass is 331 g/mol. The number of nitrogens with two attached hydrogens (primary N) is 2. The van der Waals surface area contributed by atoms with Gasteiger partial charge in [-0.25, -0.2) is 0 Å². The number of methoxy groups -OCH3 is 1. The van der Waals surface area contributed by atoms with E-state index in [0.717, 1.165) is 11.1 Å². The molecule has 1 amide bonds. The van der Waals surface area contributed by atoms with Gasteiger partial charge in [-0.1, -0.05) is 30.3 Å². The number of aliphatic hydroxyl groups excluding tert-OH is 1. The summed E-state index contributed by atoms with van der Waals surface area (Å²) < 4.78 is 10.6. The molecule has 0 fully saturated rings. The van der Waals surface area contributed by atoms with E-state index < -0.39 is 12.0 Å². The molecule has 0 saturated carbocycles. The molecule has 2 aromatic carbocycles. The third kappa shape index (κ3) is 5.26. The number of carbonyl (C=O) groups excluding carboxylic acids is 1. The quantitative estimate of drug-likeness (QED) is 0.618. The van der Waals surface area contributed by atoms with E-state index in [2.05, 4.69) is 0 Å². The van der Waals surface area contributed by atoms with Crippen LogP contribution in [0.2, 0.25) is 0 Å². The maximum atomic E-state index is 10.8. The van der Waals surface area contributed by atoms with Gasteiger partial charge in [-0.15, -0.1) is 0 Å². The molecular weight excluding hydrogens is 308 g/mol. The topological polar surface area (TPSA) is 98.4 Å². The summed E-state index contributed by atoms with van der Waals surface area (Å²) in [5.74, 6) is 0.486. The smallest absolute Gasteiger partial charge is 0.255 e. The van der Waals surface area contributed by atoms with E-state index in [4.69, 9.17) is 15.2 Å². The van der Waals surface area contributed by atoms with E-state index in [9.17, 15) is 9.90 Å². The first-order valence-electron chi connectivity index (χ1n) is 7.73. The zero-order valence-corrected chi connectivity index (χ0v) is 13.6. The maximum Gasteiger partial charge on any atom is 0.255 e. The number of benzene rings is 2. The highest BCUT2D eigenvalue weighted by Crippen LogP contribution is 2.27. The summed E-state index contributed by atoms with van der Waals surface area (Å²) in [5.41, 5.74) is 7.00. The zero-order valence-electron chi connectivity index (χ0n) is 13.6. The molecule has 0 aliphatic heterocycles. The molecule has 2 aromatic rings. The molecule has 2 rings (SSSR count). The minimum atomic E-state index is -0.538. The molecular formula is C18H23N2O4+. The van der Waals surface area contributed by atoms with Crippen LogP contribution in [0.4, 0.5) is 0 Å². The molecule has 0 heterocycles. The molecule has 0 unspecified atom stereocenters. The van der Waals surface area contributed by atoms with Gasteiger partial charge in [0.2, 0.25) is 0 Å². The normalized spacial score (nSPS) is 11.8. The number of ether oxygens (including phenoxy) is 2. The summed E-state index contributed by atoms with van der Waals surface area (Å²) in [6, 6.07) is 15.1. The number of primary amides is 1. The van der Waals surface area contributed by atoms with Crippen LogP contribution >= 0.6 is 0 Å². The summed E-state index contributed by atoms with van der Waals surface area (Å²) in [6.45, 7) is 1.06. The van der Waals surface area contributed by atoms with Gasteiger partial charge in [-0.2, -0.15) is 0 Å². The Hall–Kier alpha value is -2.57. The van der Waals surface area contributed by atoms with Crippen LogP contribution < -0.4 is 20.5 Å². The minimum absolute atomic E-state index is 0.189. The molecule has 0 aliphatic carbocycles. The van der Waals surface area contributed by atoms with Crippen molar-refractivity contribution in [2.24, 2.45) is 5.73 Å². The average molecular weight is 331 g/mol. The first-order valence-corrected chi connectivity index (χ1v) is 7.73. The highest BCUT2D eigenvalue weighted by molar-refractivity contribution is 5.75. The number of hydrogen-bond acceptors (Lipinski definition) is 4. The minimum Gasteiger partial charge on any atom is -0.493 e. The fraction of sp³-hybridized carbons (Fsp3) is 0.278. The van der Waals surface area contributed by atoms with Crippen molar-refractivity contribution >= 4 is 5.91 Å². The molecule has 1 atom stereocenters. The molecule has 24 heavy (non-hydrogen) atoms. The summed E-state index contributed by atoms with van der Waals surface area (Å²) in [7, 11) is 1.54. The van der Waals surface area contributed by atoms with Crippen LogP contribution in [0.25, 0.3) is 0 Å². The van der Waals surface area contributed by atoms with Gasteiger partial charge in [0.25, 0.3) is 5.91 Å². The van der Waals surface area contributed by atoms with Crippen LogP contribution in [-0.2, 0) is 11.3 Å². The van der Waals surface area contributed by atoms with Gasteiger partial charge < -0.3 is 25.6 Å². The second kappa shape index (κ2) is 8.90. The second-order valence-electron chi connectivity index (χ2n) is 5.40. The van der Waals surface area contributed by atoms with E-state index in [-0.39, 0.29) is 6.61 Å². The van der Waals surface area contributed by atoms with Gasteiger partial charge in [-0.3, -0.25) is 4.79 Å². The van der Waals surface area contributed by atoms with Gasteiger partial charge in [-0.05, 0) is 23.8 Å². The Morgan fingerprint density at radius 2 is 1.96 bits per heavy atom. The number of aliphatic hydroxyl groups is 1. The molecule has 6 heteroatoms. The van der Waals surface area contributed by atoms with Crippen molar-refractivity contribution in [3.63, 3.8) is 0 Å². The predicted octanol–water partition coefficient (Wildman–Crippen LogP) is 0.356. The Bertz CT molecular complexity index is 661. The van der Waals surface area contributed by atoms with Gasteiger partial charge >= 0.3 is 0 Å². The van der Waals surface area contributed by atoms with Crippen LogP contribution in [0.15, 0.2) is 48.5 Å². The lowest BCUT2D eigenvalue weighted by molar-refractivity contribution is -0.677. The van der Waals surface area contributed by atoms with Crippen molar-refractivity contribution in [2.75, 3.05) is 20.3 Å². The maximum absolute atomic E-state index is 10.8. The third-order valence-electron chi connectivity index (χ3n) is 3.55. The van der Waals surface area contributed by atoms with Crippen molar-refractivity contribution in [2.45, 2.75) is 12.6 Å². The lowest BCUT2D eigenvalue weighted by Crippen LogP contribution is -2.83. The van der Waals surface area contributed by atoms with Gasteiger partial charge in [0.15, 0.2) is 18.1 Å². The molecule has 5 N–H and O–H groups in total. The Labute approximate surface area is 141 Å². The van der Waals surface area contributed by atoms with Crippen molar-refractivity contribution in [3.8, 4) is 11.5 Å². The number of rotatable bonds is 9. The number of carbonyl (C=O) groups is 1. The Morgan fingerprint density at radius 1 is 1.21 bits per heavy atom. The van der Waals surface area contributed by atoms with E-state index in [1.165, 1.54) is 0 Å². The molecule has 0 spiro atoms. The van der Waals surface area contributed by atoms with Gasteiger partial charge in [0, 0.05) is 5.56 Å². The number of hydrogen-bond donors (Lipinski definition) is 3. The average Bonchev–Trinajstić information content (AvgIpc) is 2.61. The largest absolute Gasteiger partial charge is 0.493 e. The molecule has 0 aliphatic rings. The van der Waals surface area contributed by atoms with E-state index >= 15 is 0 Å². The predicted molar refractivity (Wildman–Crippen MR) is 89.6 cm³/mol. The molecule has 0 bridgehead atoms.